The van der Waals surface area contributed by atoms with Crippen LogP contribution in [-0.4, -0.2) is 87.8 Å². The van der Waals surface area contributed by atoms with Gasteiger partial charge in [-0.25, -0.2) is 0 Å². The van der Waals surface area contributed by atoms with Crippen molar-refractivity contribution in [3.05, 3.63) is 65.2 Å². The Balaban J connectivity index is 1.36. The lowest BCUT2D eigenvalue weighted by molar-refractivity contribution is -0.112. The van der Waals surface area contributed by atoms with Crippen LogP contribution in [0.1, 0.15) is 64.4 Å². The molecule has 3 aliphatic heterocycles. The topological polar surface area (TPSA) is 51.5 Å². The second-order valence-corrected chi connectivity index (χ2v) is 13.8. The summed E-state index contributed by atoms with van der Waals surface area (Å²) in [6, 6.07) is 8.73. The van der Waals surface area contributed by atoms with Crippen LogP contribution in [0.5, 0.6) is 5.75 Å². The standard InChI is InChI=1S/C34H46Cl2N4O2/c1-23(2)42-30-8-4-3-7-29(30)33-37-31(24-9-13-26(35)14-10-24)32(25-11-15-27(36)16-12-25)40(33)34(41)39-21-17-28(18-22-39)38-19-5-6-20-38/h3-4,7-9,11,13-15,23-25,27-28,31-32,34,41H,5-6,10,12,16-22H2,1-2H3/t24?,25?,27?,31-,32+,34?/m1/s1. The highest BCUT2D eigenvalue weighted by Gasteiger charge is 2.48. The summed E-state index contributed by atoms with van der Waals surface area (Å²) in [5.74, 6) is 2.03. The fourth-order valence-corrected chi connectivity index (χ4v) is 7.97. The van der Waals surface area contributed by atoms with Gasteiger partial charge >= 0.3 is 0 Å². The van der Waals surface area contributed by atoms with Gasteiger partial charge in [0.25, 0.3) is 0 Å². The molecule has 6 rings (SSSR count). The monoisotopic (exact) mass is 612 g/mol. The van der Waals surface area contributed by atoms with Crippen molar-refractivity contribution in [2.45, 2.75) is 94.8 Å². The third-order valence-electron chi connectivity index (χ3n) is 9.72. The summed E-state index contributed by atoms with van der Waals surface area (Å²) < 4.78 is 6.31. The van der Waals surface area contributed by atoms with Gasteiger partial charge in [-0.05, 0) is 96.0 Å². The number of aliphatic imine (C=N–C) groups is 1. The van der Waals surface area contributed by atoms with Crippen molar-refractivity contribution >= 4 is 29.0 Å². The van der Waals surface area contributed by atoms with Crippen molar-refractivity contribution in [3.8, 4) is 5.75 Å². The Kier molecular flexibility index (Phi) is 9.66. The van der Waals surface area contributed by atoms with Gasteiger partial charge in [0.1, 0.15) is 11.6 Å². The lowest BCUT2D eigenvalue weighted by Gasteiger charge is -2.46. The zero-order chi connectivity index (χ0) is 29.2. The molecule has 1 aromatic rings. The number of ether oxygens (including phenoxy) is 1. The Labute approximate surface area is 261 Å². The Morgan fingerprint density at radius 3 is 2.38 bits per heavy atom. The first-order valence-corrected chi connectivity index (χ1v) is 16.8. The number of hydrogen-bond acceptors (Lipinski definition) is 6. The molecule has 5 aliphatic rings. The van der Waals surface area contributed by atoms with E-state index in [0.717, 1.165) is 67.4 Å². The van der Waals surface area contributed by atoms with E-state index in [0.29, 0.717) is 6.04 Å². The molecule has 0 amide bonds. The van der Waals surface area contributed by atoms with Crippen LogP contribution in [0.15, 0.2) is 64.7 Å². The number of alkyl halides is 1. The lowest BCUT2D eigenvalue weighted by Crippen LogP contribution is -2.59. The summed E-state index contributed by atoms with van der Waals surface area (Å²) in [6.07, 6.45) is 17.5. The van der Waals surface area contributed by atoms with Crippen molar-refractivity contribution in [2.75, 3.05) is 26.2 Å². The zero-order valence-electron chi connectivity index (χ0n) is 25.0. The van der Waals surface area contributed by atoms with E-state index < -0.39 is 6.35 Å². The second-order valence-electron chi connectivity index (χ2n) is 12.9. The Bertz CT molecular complexity index is 1200. The van der Waals surface area contributed by atoms with Crippen LogP contribution < -0.4 is 4.74 Å². The predicted molar refractivity (Wildman–Crippen MR) is 172 cm³/mol. The van der Waals surface area contributed by atoms with Crippen LogP contribution in [-0.2, 0) is 0 Å². The van der Waals surface area contributed by atoms with Crippen molar-refractivity contribution in [3.63, 3.8) is 0 Å². The molecule has 1 N–H and O–H groups in total. The number of likely N-dealkylation sites (tertiary alicyclic amines) is 2. The van der Waals surface area contributed by atoms with E-state index in [1.807, 2.05) is 38.1 Å². The van der Waals surface area contributed by atoms with Gasteiger partial charge in [-0.15, -0.1) is 11.6 Å². The minimum absolute atomic E-state index is 0.0150. The third-order valence-corrected chi connectivity index (χ3v) is 10.4. The molecule has 1 aromatic carbocycles. The van der Waals surface area contributed by atoms with E-state index in [-0.39, 0.29) is 35.4 Å². The molecule has 0 radical (unpaired) electrons. The Morgan fingerprint density at radius 2 is 1.71 bits per heavy atom. The van der Waals surface area contributed by atoms with Gasteiger partial charge in [-0.2, -0.15) is 0 Å². The van der Waals surface area contributed by atoms with Crippen LogP contribution in [0.25, 0.3) is 0 Å². The van der Waals surface area contributed by atoms with Gasteiger partial charge in [-0.1, -0.05) is 48.0 Å². The number of amidine groups is 1. The Morgan fingerprint density at radius 1 is 0.952 bits per heavy atom. The molecule has 0 bridgehead atoms. The maximum Gasteiger partial charge on any atom is 0.188 e. The normalized spacial score (nSPS) is 32.0. The third kappa shape index (κ3) is 6.49. The molecule has 4 unspecified atom stereocenters. The summed E-state index contributed by atoms with van der Waals surface area (Å²) in [7, 11) is 0. The molecule has 0 aromatic heterocycles. The van der Waals surface area contributed by atoms with E-state index in [1.54, 1.807) is 0 Å². The largest absolute Gasteiger partial charge is 0.490 e. The average Bonchev–Trinajstić information content (AvgIpc) is 3.67. The Hall–Kier alpha value is -1.83. The molecular formula is C34H46Cl2N4O2. The zero-order valence-corrected chi connectivity index (χ0v) is 26.5. The van der Waals surface area contributed by atoms with Crippen molar-refractivity contribution in [2.24, 2.45) is 16.8 Å². The van der Waals surface area contributed by atoms with Gasteiger partial charge in [-0.3, -0.25) is 9.89 Å². The molecule has 6 atom stereocenters. The van der Waals surface area contributed by atoms with Gasteiger partial charge in [0.05, 0.1) is 29.1 Å². The first-order valence-electron chi connectivity index (χ1n) is 16.0. The van der Waals surface area contributed by atoms with Crippen LogP contribution in [0.2, 0.25) is 0 Å². The van der Waals surface area contributed by atoms with Gasteiger partial charge < -0.3 is 19.6 Å². The molecule has 0 saturated carbocycles. The minimum atomic E-state index is -0.779. The fraction of sp³-hybridized carbons (Fsp3) is 0.618. The van der Waals surface area contributed by atoms with Crippen LogP contribution >= 0.6 is 23.2 Å². The summed E-state index contributed by atoms with van der Waals surface area (Å²) >= 11 is 12.9. The molecule has 8 heteroatoms. The van der Waals surface area contributed by atoms with Crippen LogP contribution in [0.4, 0.5) is 0 Å². The number of allylic oxidation sites excluding steroid dienone is 4. The maximum absolute atomic E-state index is 12.4. The van der Waals surface area contributed by atoms with E-state index in [2.05, 4.69) is 45.1 Å². The number of para-hydroxylation sites is 1. The van der Waals surface area contributed by atoms with Gasteiger partial charge in [0.2, 0.25) is 0 Å². The molecule has 42 heavy (non-hydrogen) atoms. The highest BCUT2D eigenvalue weighted by Crippen LogP contribution is 2.41. The summed E-state index contributed by atoms with van der Waals surface area (Å²) in [5, 5.41) is 13.2. The lowest BCUT2D eigenvalue weighted by atomic mass is 9.79. The quantitative estimate of drug-likeness (QED) is 0.273. The van der Waals surface area contributed by atoms with E-state index in [4.69, 9.17) is 32.9 Å². The SMILES string of the molecule is CC(C)Oc1ccccc1C1=N[C@H](C2C=CC(Cl)=CC2)[C@H](C2C=CC(Cl)CC2)N1C(O)N1CCC(N2CCCC2)CC1. The summed E-state index contributed by atoms with van der Waals surface area (Å²) in [4.78, 5) is 12.7. The van der Waals surface area contributed by atoms with Crippen molar-refractivity contribution < 1.29 is 9.84 Å². The number of hydrogen-bond donors (Lipinski definition) is 1. The van der Waals surface area contributed by atoms with E-state index in [9.17, 15) is 5.11 Å². The molecule has 2 saturated heterocycles. The smallest absolute Gasteiger partial charge is 0.188 e. The second kappa shape index (κ2) is 13.4. The highest BCUT2D eigenvalue weighted by atomic mass is 35.5. The molecule has 6 nitrogen and oxygen atoms in total. The minimum Gasteiger partial charge on any atom is -0.490 e. The van der Waals surface area contributed by atoms with Crippen LogP contribution in [0.3, 0.4) is 0 Å². The van der Waals surface area contributed by atoms with Gasteiger partial charge in [0, 0.05) is 30.1 Å². The molecular weight excluding hydrogens is 567 g/mol. The highest BCUT2D eigenvalue weighted by molar-refractivity contribution is 6.31. The first-order chi connectivity index (χ1) is 20.4. The average molecular weight is 614 g/mol. The maximum atomic E-state index is 12.4. The molecule has 0 spiro atoms. The van der Waals surface area contributed by atoms with Crippen molar-refractivity contribution in [1.82, 2.24) is 14.7 Å². The summed E-state index contributed by atoms with van der Waals surface area (Å²) in [6.45, 7) is 8.28. The van der Waals surface area contributed by atoms with E-state index >= 15 is 0 Å². The first kappa shape index (κ1) is 30.2. The number of aliphatic hydroxyl groups excluding tert-OH is 1. The molecule has 2 aliphatic carbocycles. The number of piperidine rings is 1. The number of nitrogens with zero attached hydrogens (tertiary/aromatic N) is 4. The molecule has 2 fully saturated rings. The molecule has 228 valence electrons. The fourth-order valence-electron chi connectivity index (χ4n) is 7.60. The molecule has 3 heterocycles. The van der Waals surface area contributed by atoms with Crippen LogP contribution in [0, 0.1) is 11.8 Å². The number of halogens is 2. The van der Waals surface area contributed by atoms with Crippen molar-refractivity contribution in [1.29, 1.82) is 0 Å². The predicted octanol–water partition coefficient (Wildman–Crippen LogP) is 6.38. The number of benzene rings is 1. The van der Waals surface area contributed by atoms with Gasteiger partial charge in [0.15, 0.2) is 6.35 Å². The van der Waals surface area contributed by atoms with E-state index in [1.165, 1.54) is 25.9 Å². The summed E-state index contributed by atoms with van der Waals surface area (Å²) in [5.41, 5.74) is 0.938. The number of aliphatic hydroxyl groups is 1. The number of rotatable bonds is 8.